The summed E-state index contributed by atoms with van der Waals surface area (Å²) in [5, 5.41) is 2.65. The Labute approximate surface area is 236 Å². The molecule has 0 spiro atoms. The molecule has 2 aliphatic carbocycles. The molecule has 1 N–H and O–H groups in total. The summed E-state index contributed by atoms with van der Waals surface area (Å²) in [6, 6.07) is 6.62. The van der Waals surface area contributed by atoms with Crippen molar-refractivity contribution in [2.45, 2.75) is 84.7 Å². The molecule has 2 saturated heterocycles. The molecule has 0 radical (unpaired) electrons. The highest BCUT2D eigenvalue weighted by Crippen LogP contribution is 2.63. The third kappa shape index (κ3) is 5.23. The fraction of sp³-hybridized carbons (Fsp3) is 0.594. The predicted molar refractivity (Wildman–Crippen MR) is 150 cm³/mol. The first-order valence-electron chi connectivity index (χ1n) is 14.3. The number of ketones is 1. The van der Waals surface area contributed by atoms with Crippen LogP contribution in [0.5, 0.6) is 0 Å². The number of allylic oxidation sites excluding steroid dienone is 2. The van der Waals surface area contributed by atoms with Gasteiger partial charge in [0.1, 0.15) is 6.61 Å². The summed E-state index contributed by atoms with van der Waals surface area (Å²) in [4.78, 5) is 37.0. The zero-order valence-electron chi connectivity index (χ0n) is 24.2. The van der Waals surface area contributed by atoms with Gasteiger partial charge in [0.05, 0.1) is 18.3 Å². The lowest BCUT2D eigenvalue weighted by molar-refractivity contribution is -0.344. The molecular weight excluding hydrogens is 510 g/mol. The summed E-state index contributed by atoms with van der Waals surface area (Å²) in [5.41, 5.74) is 2.36. The van der Waals surface area contributed by atoms with E-state index in [2.05, 4.69) is 25.7 Å². The number of carbonyl (C=O) groups excluding carboxylic acids is 3. The van der Waals surface area contributed by atoms with Crippen LogP contribution < -0.4 is 5.32 Å². The number of esters is 1. The Morgan fingerprint density at radius 2 is 1.95 bits per heavy atom. The number of rotatable bonds is 5. The highest BCUT2D eigenvalue weighted by molar-refractivity contribution is 5.96. The van der Waals surface area contributed by atoms with Gasteiger partial charge in [0.15, 0.2) is 17.7 Å². The number of hydrogen-bond donors (Lipinski definition) is 1. The normalized spacial score (nSPS) is 35.9. The summed E-state index contributed by atoms with van der Waals surface area (Å²) in [6.07, 6.45) is 5.06. The third-order valence-electron chi connectivity index (χ3n) is 9.76. The quantitative estimate of drug-likeness (QED) is 0.201. The van der Waals surface area contributed by atoms with E-state index in [1.807, 2.05) is 19.9 Å². The largest absolute Gasteiger partial charge is 0.458 e. The van der Waals surface area contributed by atoms with E-state index in [1.54, 1.807) is 24.3 Å². The molecule has 1 aromatic rings. The lowest BCUT2D eigenvalue weighted by Crippen LogP contribution is -2.62. The van der Waals surface area contributed by atoms with Crippen LogP contribution in [-0.4, -0.2) is 49.1 Å². The zero-order chi connectivity index (χ0) is 28.9. The van der Waals surface area contributed by atoms with Gasteiger partial charge >= 0.3 is 12.1 Å². The van der Waals surface area contributed by atoms with E-state index < -0.39 is 24.0 Å². The van der Waals surface area contributed by atoms with E-state index in [0.29, 0.717) is 35.8 Å². The third-order valence-corrected chi connectivity index (χ3v) is 9.76. The summed E-state index contributed by atoms with van der Waals surface area (Å²) in [5.74, 6) is -0.578. The predicted octanol–water partition coefficient (Wildman–Crippen LogP) is 6.22. The summed E-state index contributed by atoms with van der Waals surface area (Å²) in [6.45, 7) is 15.2. The minimum Gasteiger partial charge on any atom is -0.458 e. The second kappa shape index (κ2) is 10.5. The zero-order valence-corrected chi connectivity index (χ0v) is 24.2. The van der Waals surface area contributed by atoms with Crippen LogP contribution in [0.2, 0.25) is 0 Å². The Morgan fingerprint density at radius 1 is 1.18 bits per heavy atom. The van der Waals surface area contributed by atoms with Crippen molar-refractivity contribution < 1.29 is 33.3 Å². The number of fused-ring (bicyclic) bond motifs is 3. The fourth-order valence-corrected chi connectivity index (χ4v) is 7.60. The molecule has 2 heterocycles. The average Bonchev–Trinajstić information content (AvgIpc) is 3.22. The minimum absolute atomic E-state index is 0.0240. The van der Waals surface area contributed by atoms with Gasteiger partial charge in [-0.1, -0.05) is 44.2 Å². The second-order valence-corrected chi connectivity index (χ2v) is 12.8. The van der Waals surface area contributed by atoms with Crippen molar-refractivity contribution in [3.8, 4) is 0 Å². The van der Waals surface area contributed by atoms with E-state index in [9.17, 15) is 14.4 Å². The first kappa shape index (κ1) is 28.6. The molecule has 5 rings (SSSR count). The van der Waals surface area contributed by atoms with Crippen molar-refractivity contribution in [1.29, 1.82) is 0 Å². The van der Waals surface area contributed by atoms with Crippen LogP contribution in [0.15, 0.2) is 48.1 Å². The molecule has 1 aromatic carbocycles. The van der Waals surface area contributed by atoms with Crippen LogP contribution >= 0.6 is 0 Å². The molecule has 216 valence electrons. The van der Waals surface area contributed by atoms with Gasteiger partial charge in [-0.25, -0.2) is 9.59 Å². The van der Waals surface area contributed by atoms with Crippen LogP contribution in [-0.2, 0) is 23.7 Å². The Bertz CT molecular complexity index is 1250. The van der Waals surface area contributed by atoms with Crippen molar-refractivity contribution in [2.75, 3.05) is 18.5 Å². The Kier molecular flexibility index (Phi) is 7.46. The Balaban J connectivity index is 1.30. The fourth-order valence-electron chi connectivity index (χ4n) is 7.60. The molecule has 4 fully saturated rings. The number of nitrogens with one attached hydrogen (secondary N) is 1. The first-order chi connectivity index (χ1) is 18.8. The molecule has 6 atom stereocenters. The molecular formula is C32H41NO7. The molecule has 1 amide bonds. The van der Waals surface area contributed by atoms with Crippen LogP contribution in [0.1, 0.15) is 77.1 Å². The number of hydrogen-bond acceptors (Lipinski definition) is 7. The number of ether oxygens (including phenoxy) is 4. The van der Waals surface area contributed by atoms with Gasteiger partial charge in [0.25, 0.3) is 0 Å². The van der Waals surface area contributed by atoms with Crippen molar-refractivity contribution in [1.82, 2.24) is 0 Å². The monoisotopic (exact) mass is 551 g/mol. The van der Waals surface area contributed by atoms with Gasteiger partial charge < -0.3 is 18.9 Å². The molecule has 4 aliphatic rings. The standard InChI is InChI=1S/C32H41NO7/c1-19-10-13-26-31(5,15-14-27-32(26,6)18-38-30(3,4)40-27)24(19)12-11-23-25(17-37-28(23)35)39-29(36)33-22-9-7-8-21(16-22)20(2)34/h7-9,11,16,24-27H,1,10,12-15,17-18H2,2-6H3,(H,33,36)/b23-11+/t24-,25-,26+,27-,31+,32+/m1/s1. The summed E-state index contributed by atoms with van der Waals surface area (Å²) in [7, 11) is 0. The Morgan fingerprint density at radius 3 is 2.70 bits per heavy atom. The lowest BCUT2D eigenvalue weighted by Gasteiger charge is -2.63. The maximum absolute atomic E-state index is 12.7. The molecule has 0 unspecified atom stereocenters. The van der Waals surface area contributed by atoms with Gasteiger partial charge in [-0.15, -0.1) is 0 Å². The van der Waals surface area contributed by atoms with Crippen molar-refractivity contribution in [3.63, 3.8) is 0 Å². The van der Waals surface area contributed by atoms with E-state index >= 15 is 0 Å². The topological polar surface area (TPSA) is 100 Å². The van der Waals surface area contributed by atoms with Crippen LogP contribution in [0.3, 0.4) is 0 Å². The second-order valence-electron chi connectivity index (χ2n) is 12.8. The minimum atomic E-state index is -0.806. The van der Waals surface area contributed by atoms with Crippen LogP contribution in [0.4, 0.5) is 10.5 Å². The number of Topliss-reactive ketones (excluding diaryl/α,β-unsaturated/α-hetero) is 1. The molecule has 0 bridgehead atoms. The maximum Gasteiger partial charge on any atom is 0.412 e. The molecule has 2 saturated carbocycles. The summed E-state index contributed by atoms with van der Waals surface area (Å²) >= 11 is 0. The van der Waals surface area contributed by atoms with E-state index in [4.69, 9.17) is 18.9 Å². The van der Waals surface area contributed by atoms with Gasteiger partial charge in [-0.2, -0.15) is 0 Å². The molecule has 2 aliphatic heterocycles. The van der Waals surface area contributed by atoms with Crippen LogP contribution in [0, 0.1) is 22.7 Å². The van der Waals surface area contributed by atoms with Crippen molar-refractivity contribution in [3.05, 3.63) is 53.6 Å². The van der Waals surface area contributed by atoms with E-state index in [1.165, 1.54) is 12.5 Å². The summed E-state index contributed by atoms with van der Waals surface area (Å²) < 4.78 is 23.5. The molecule has 8 nitrogen and oxygen atoms in total. The van der Waals surface area contributed by atoms with Crippen LogP contribution in [0.25, 0.3) is 0 Å². The number of cyclic esters (lactones) is 1. The van der Waals surface area contributed by atoms with Gasteiger partial charge in [-0.05, 0) is 82.3 Å². The molecule has 8 heteroatoms. The number of benzene rings is 1. The number of anilines is 1. The molecule has 0 aromatic heterocycles. The van der Waals surface area contributed by atoms with Gasteiger partial charge in [0, 0.05) is 16.7 Å². The SMILES string of the molecule is C=C1CC[C@@H]2[C@]3(C)COC(C)(C)O[C@@H]3CC[C@@]2(C)[C@@H]1C/C=C1/C(=O)OC[C@H]1OC(=O)Nc1cccc(C(C)=O)c1. The lowest BCUT2D eigenvalue weighted by atomic mass is 9.46. The smallest absolute Gasteiger partial charge is 0.412 e. The van der Waals surface area contributed by atoms with Crippen molar-refractivity contribution in [2.24, 2.45) is 22.7 Å². The number of amides is 1. The van der Waals surface area contributed by atoms with Gasteiger partial charge in [-0.3, -0.25) is 10.1 Å². The highest BCUT2D eigenvalue weighted by Gasteiger charge is 2.60. The number of carbonyl (C=O) groups is 3. The average molecular weight is 552 g/mol. The highest BCUT2D eigenvalue weighted by atomic mass is 16.7. The van der Waals surface area contributed by atoms with Crippen molar-refractivity contribution >= 4 is 23.5 Å². The first-order valence-corrected chi connectivity index (χ1v) is 14.3. The Hall–Kier alpha value is -2.97. The van der Waals surface area contributed by atoms with E-state index in [-0.39, 0.29) is 35.2 Å². The maximum atomic E-state index is 12.7. The van der Waals surface area contributed by atoms with E-state index in [0.717, 1.165) is 25.7 Å². The molecule has 40 heavy (non-hydrogen) atoms. The van der Waals surface area contributed by atoms with Gasteiger partial charge in [0.2, 0.25) is 0 Å².